The van der Waals surface area contributed by atoms with Crippen LogP contribution in [0.4, 0.5) is 36.7 Å². The molecule has 1 aromatic heterocycles. The molecule has 21 heavy (non-hydrogen) atoms. The van der Waals surface area contributed by atoms with Gasteiger partial charge in [-0.3, -0.25) is 5.43 Å². The van der Waals surface area contributed by atoms with E-state index in [4.69, 9.17) is 5.84 Å². The number of anilines is 4. The lowest BCUT2D eigenvalue weighted by Gasteiger charge is -2.13. The molecular weight excluding hydrogens is 287 g/mol. The zero-order valence-corrected chi connectivity index (χ0v) is 11.2. The van der Waals surface area contributed by atoms with Gasteiger partial charge in [0.05, 0.1) is 0 Å². The minimum absolute atomic E-state index is 0.000807. The molecule has 10 heteroatoms. The Labute approximate surface area is 118 Å². The minimum atomic E-state index is -1.11. The number of halogens is 3. The monoisotopic (exact) mass is 299 g/mol. The molecule has 0 unspecified atom stereocenters. The van der Waals surface area contributed by atoms with E-state index in [9.17, 15) is 13.2 Å². The van der Waals surface area contributed by atoms with Crippen LogP contribution in [0.1, 0.15) is 0 Å². The molecule has 0 saturated heterocycles. The fourth-order valence-electron chi connectivity index (χ4n) is 1.46. The normalized spacial score (nSPS) is 10.4. The molecule has 2 aromatic rings. The van der Waals surface area contributed by atoms with Crippen molar-refractivity contribution >= 4 is 23.5 Å². The Bertz CT molecular complexity index is 639. The summed E-state index contributed by atoms with van der Waals surface area (Å²) in [6.45, 7) is 0. The van der Waals surface area contributed by atoms with Crippen LogP contribution in [0, 0.1) is 17.5 Å². The largest absolute Gasteiger partial charge is 0.347 e. The summed E-state index contributed by atoms with van der Waals surface area (Å²) in [7, 11) is 3.33. The Balaban J connectivity index is 2.42. The molecule has 112 valence electrons. The van der Waals surface area contributed by atoms with Gasteiger partial charge >= 0.3 is 0 Å². The van der Waals surface area contributed by atoms with E-state index < -0.39 is 23.1 Å². The first kappa shape index (κ1) is 14.8. The average molecular weight is 299 g/mol. The number of nitrogens with zero attached hydrogens (tertiary/aromatic N) is 4. The van der Waals surface area contributed by atoms with E-state index in [1.165, 1.54) is 0 Å². The molecule has 0 aliphatic carbocycles. The van der Waals surface area contributed by atoms with Crippen LogP contribution < -0.4 is 21.5 Å². The summed E-state index contributed by atoms with van der Waals surface area (Å²) in [6.07, 6.45) is 0. The van der Waals surface area contributed by atoms with Crippen LogP contribution in [0.25, 0.3) is 0 Å². The molecule has 0 radical (unpaired) electrons. The summed E-state index contributed by atoms with van der Waals surface area (Å²) in [5.41, 5.74) is 1.64. The van der Waals surface area contributed by atoms with Crippen molar-refractivity contribution in [1.82, 2.24) is 15.0 Å². The van der Waals surface area contributed by atoms with E-state index in [-0.39, 0.29) is 17.8 Å². The third-order valence-corrected chi connectivity index (χ3v) is 2.40. The van der Waals surface area contributed by atoms with E-state index in [1.807, 2.05) is 0 Å². The zero-order valence-electron chi connectivity index (χ0n) is 11.2. The van der Waals surface area contributed by atoms with Crippen molar-refractivity contribution in [2.45, 2.75) is 0 Å². The minimum Gasteiger partial charge on any atom is -0.347 e. The summed E-state index contributed by atoms with van der Waals surface area (Å²) in [4.78, 5) is 13.2. The maximum absolute atomic E-state index is 13.6. The SMILES string of the molecule is CN(C)c1nc(NN)nc(Nc2c(F)cc(F)cc2F)n1. The van der Waals surface area contributed by atoms with Crippen molar-refractivity contribution in [3.63, 3.8) is 0 Å². The summed E-state index contributed by atoms with van der Waals surface area (Å²) in [5.74, 6) is 2.03. The molecule has 0 aliphatic heterocycles. The topological polar surface area (TPSA) is 92.0 Å². The Morgan fingerprint density at radius 1 is 1.00 bits per heavy atom. The van der Waals surface area contributed by atoms with Crippen LogP contribution in [0.3, 0.4) is 0 Å². The van der Waals surface area contributed by atoms with Gasteiger partial charge < -0.3 is 10.2 Å². The second-order valence-electron chi connectivity index (χ2n) is 4.19. The van der Waals surface area contributed by atoms with Crippen LogP contribution in [0.5, 0.6) is 0 Å². The second kappa shape index (κ2) is 5.79. The highest BCUT2D eigenvalue weighted by Gasteiger charge is 2.14. The molecule has 0 aliphatic rings. The lowest BCUT2D eigenvalue weighted by Crippen LogP contribution is -2.18. The molecule has 7 nitrogen and oxygen atoms in total. The molecule has 0 bridgehead atoms. The fraction of sp³-hybridized carbons (Fsp3) is 0.182. The standard InChI is InChI=1S/C11H12F3N7/c1-21(2)11-18-9(17-10(19-11)20-15)16-8-6(13)3-5(12)4-7(8)14/h3-4H,15H2,1-2H3,(H2,16,17,18,19,20). The van der Waals surface area contributed by atoms with Crippen molar-refractivity contribution in [3.05, 3.63) is 29.6 Å². The molecule has 0 fully saturated rings. The van der Waals surface area contributed by atoms with E-state index in [2.05, 4.69) is 25.7 Å². The number of nitrogens with one attached hydrogen (secondary N) is 2. The van der Waals surface area contributed by atoms with Gasteiger partial charge in [0.15, 0.2) is 11.6 Å². The van der Waals surface area contributed by atoms with E-state index >= 15 is 0 Å². The average Bonchev–Trinajstić information content (AvgIpc) is 2.42. The van der Waals surface area contributed by atoms with Crippen molar-refractivity contribution in [1.29, 1.82) is 0 Å². The van der Waals surface area contributed by atoms with Gasteiger partial charge in [-0.1, -0.05) is 0 Å². The smallest absolute Gasteiger partial charge is 0.243 e. The van der Waals surface area contributed by atoms with Gasteiger partial charge in [0.25, 0.3) is 0 Å². The Morgan fingerprint density at radius 3 is 2.10 bits per heavy atom. The fourth-order valence-corrected chi connectivity index (χ4v) is 1.46. The second-order valence-corrected chi connectivity index (χ2v) is 4.19. The highest BCUT2D eigenvalue weighted by molar-refractivity contribution is 5.57. The number of hydrazine groups is 1. The molecule has 0 spiro atoms. The van der Waals surface area contributed by atoms with E-state index in [0.717, 1.165) is 0 Å². The molecular formula is C11H12F3N7. The van der Waals surface area contributed by atoms with Gasteiger partial charge in [-0.25, -0.2) is 19.0 Å². The molecule has 1 heterocycles. The highest BCUT2D eigenvalue weighted by Crippen LogP contribution is 2.23. The van der Waals surface area contributed by atoms with Crippen LogP contribution in [0.15, 0.2) is 12.1 Å². The number of nitrogens with two attached hydrogens (primary N) is 1. The van der Waals surface area contributed by atoms with Crippen molar-refractivity contribution in [2.24, 2.45) is 5.84 Å². The summed E-state index contributed by atoms with van der Waals surface area (Å²) in [6, 6.07) is 1.09. The molecule has 0 amide bonds. The number of rotatable bonds is 4. The summed E-state index contributed by atoms with van der Waals surface area (Å²) < 4.78 is 40.0. The van der Waals surface area contributed by atoms with Gasteiger partial charge in [0.2, 0.25) is 17.8 Å². The summed E-state index contributed by atoms with van der Waals surface area (Å²) in [5, 5.41) is 2.34. The predicted octanol–water partition coefficient (Wildman–Crippen LogP) is 1.38. The predicted molar refractivity (Wildman–Crippen MR) is 71.6 cm³/mol. The maximum atomic E-state index is 13.6. The first-order chi connectivity index (χ1) is 9.90. The lowest BCUT2D eigenvalue weighted by molar-refractivity contribution is 0.548. The first-order valence-corrected chi connectivity index (χ1v) is 5.72. The zero-order chi connectivity index (χ0) is 15.6. The first-order valence-electron chi connectivity index (χ1n) is 5.72. The van der Waals surface area contributed by atoms with Crippen molar-refractivity contribution < 1.29 is 13.2 Å². The van der Waals surface area contributed by atoms with Crippen LogP contribution >= 0.6 is 0 Å². The van der Waals surface area contributed by atoms with Gasteiger partial charge in [0, 0.05) is 26.2 Å². The maximum Gasteiger partial charge on any atom is 0.243 e. The van der Waals surface area contributed by atoms with Gasteiger partial charge in [-0.15, -0.1) is 0 Å². The van der Waals surface area contributed by atoms with Gasteiger partial charge in [0.1, 0.15) is 11.5 Å². The molecule has 1 aromatic carbocycles. The van der Waals surface area contributed by atoms with Gasteiger partial charge in [-0.05, 0) is 0 Å². The quantitative estimate of drug-likeness (QED) is 0.580. The van der Waals surface area contributed by atoms with Crippen molar-refractivity contribution in [2.75, 3.05) is 29.7 Å². The van der Waals surface area contributed by atoms with Crippen LogP contribution in [-0.4, -0.2) is 29.0 Å². The van der Waals surface area contributed by atoms with Crippen molar-refractivity contribution in [3.8, 4) is 0 Å². The van der Waals surface area contributed by atoms with Crippen LogP contribution in [-0.2, 0) is 0 Å². The summed E-state index contributed by atoms with van der Waals surface area (Å²) >= 11 is 0. The molecule has 0 saturated carbocycles. The number of aromatic nitrogens is 3. The van der Waals surface area contributed by atoms with Gasteiger partial charge in [-0.2, -0.15) is 15.0 Å². The van der Waals surface area contributed by atoms with E-state index in [0.29, 0.717) is 12.1 Å². The Hall–Kier alpha value is -2.62. The van der Waals surface area contributed by atoms with Crippen LogP contribution in [0.2, 0.25) is 0 Å². The third-order valence-electron chi connectivity index (χ3n) is 2.40. The number of hydrogen-bond acceptors (Lipinski definition) is 7. The third kappa shape index (κ3) is 3.28. The number of benzene rings is 1. The number of hydrogen-bond donors (Lipinski definition) is 3. The Morgan fingerprint density at radius 2 is 1.57 bits per heavy atom. The lowest BCUT2D eigenvalue weighted by atomic mass is 10.3. The molecule has 0 atom stereocenters. The Kier molecular flexibility index (Phi) is 4.08. The molecule has 4 N–H and O–H groups in total. The highest BCUT2D eigenvalue weighted by atomic mass is 19.1. The number of nitrogen functional groups attached to an aromatic ring is 1. The molecule has 2 rings (SSSR count). The van der Waals surface area contributed by atoms with E-state index in [1.54, 1.807) is 19.0 Å².